The first-order chi connectivity index (χ1) is 6.18. The number of nitrogens with zero attached hydrogens (tertiary/aromatic N) is 1. The van der Waals surface area contributed by atoms with Crippen LogP contribution in [0.25, 0.3) is 0 Å². The summed E-state index contributed by atoms with van der Waals surface area (Å²) in [5.74, 6) is 0.721. The second-order valence-corrected chi connectivity index (χ2v) is 5.18. The number of amidine groups is 1. The first-order valence-electron chi connectivity index (χ1n) is 5.00. The minimum Gasteiger partial charge on any atom is -0.388 e. The lowest BCUT2D eigenvalue weighted by Gasteiger charge is -2.34. The number of hydrogen-bond acceptors (Lipinski definition) is 2. The molecule has 0 radical (unpaired) electrons. The first kappa shape index (κ1) is 10.9. The van der Waals surface area contributed by atoms with E-state index in [-0.39, 0.29) is 0 Å². The Bertz CT molecular complexity index is 179. The SMILES string of the molecule is CSC1(CN=C(C)N)CCCCC1. The Morgan fingerprint density at radius 2 is 2.00 bits per heavy atom. The van der Waals surface area contributed by atoms with Gasteiger partial charge in [-0.25, -0.2) is 0 Å². The lowest BCUT2D eigenvalue weighted by atomic mass is 9.88. The van der Waals surface area contributed by atoms with Gasteiger partial charge in [-0.2, -0.15) is 11.8 Å². The standard InChI is InChI=1S/C10H20N2S/c1-9(11)12-8-10(13-2)6-4-3-5-7-10/h3-8H2,1-2H3,(H2,11,12). The molecule has 0 aromatic carbocycles. The number of hydrogen-bond donors (Lipinski definition) is 1. The van der Waals surface area contributed by atoms with E-state index in [2.05, 4.69) is 11.2 Å². The molecule has 1 saturated carbocycles. The molecule has 1 aliphatic carbocycles. The molecule has 0 bridgehead atoms. The number of thioether (sulfide) groups is 1. The van der Waals surface area contributed by atoms with E-state index in [9.17, 15) is 0 Å². The molecule has 1 rings (SSSR count). The third-order valence-corrected chi connectivity index (χ3v) is 4.22. The van der Waals surface area contributed by atoms with E-state index >= 15 is 0 Å². The molecule has 0 aromatic rings. The number of rotatable bonds is 3. The normalized spacial score (nSPS) is 23.1. The largest absolute Gasteiger partial charge is 0.388 e. The predicted octanol–water partition coefficient (Wildman–Crippen LogP) is 2.43. The average molecular weight is 200 g/mol. The van der Waals surface area contributed by atoms with Crippen LogP contribution in [0, 0.1) is 0 Å². The van der Waals surface area contributed by atoms with Crippen LogP contribution in [0.15, 0.2) is 4.99 Å². The zero-order valence-corrected chi connectivity index (χ0v) is 9.49. The van der Waals surface area contributed by atoms with Gasteiger partial charge in [-0.3, -0.25) is 4.99 Å². The van der Waals surface area contributed by atoms with Gasteiger partial charge in [0.2, 0.25) is 0 Å². The molecule has 0 atom stereocenters. The summed E-state index contributed by atoms with van der Waals surface area (Å²) in [6.45, 7) is 2.79. The van der Waals surface area contributed by atoms with Crippen molar-refractivity contribution in [2.75, 3.05) is 12.8 Å². The Labute approximate surface area is 85.4 Å². The van der Waals surface area contributed by atoms with Crippen molar-refractivity contribution < 1.29 is 0 Å². The monoisotopic (exact) mass is 200 g/mol. The van der Waals surface area contributed by atoms with Crippen molar-refractivity contribution in [1.29, 1.82) is 0 Å². The van der Waals surface area contributed by atoms with Crippen LogP contribution >= 0.6 is 11.8 Å². The summed E-state index contributed by atoms with van der Waals surface area (Å²) in [6.07, 6.45) is 8.94. The quantitative estimate of drug-likeness (QED) is 0.561. The molecule has 0 heterocycles. The van der Waals surface area contributed by atoms with Crippen molar-refractivity contribution >= 4 is 17.6 Å². The van der Waals surface area contributed by atoms with E-state index in [0.29, 0.717) is 4.75 Å². The molecule has 0 aliphatic heterocycles. The van der Waals surface area contributed by atoms with Crippen LogP contribution in [0.5, 0.6) is 0 Å². The summed E-state index contributed by atoms with van der Waals surface area (Å²) in [4.78, 5) is 4.36. The molecule has 2 nitrogen and oxygen atoms in total. The molecule has 0 spiro atoms. The highest BCUT2D eigenvalue weighted by atomic mass is 32.2. The van der Waals surface area contributed by atoms with E-state index in [1.807, 2.05) is 18.7 Å². The van der Waals surface area contributed by atoms with Gasteiger partial charge in [-0.15, -0.1) is 0 Å². The van der Waals surface area contributed by atoms with Crippen LogP contribution in [0.2, 0.25) is 0 Å². The fraction of sp³-hybridized carbons (Fsp3) is 0.900. The smallest absolute Gasteiger partial charge is 0.0906 e. The summed E-state index contributed by atoms with van der Waals surface area (Å²) in [5.41, 5.74) is 5.56. The van der Waals surface area contributed by atoms with Gasteiger partial charge in [-0.1, -0.05) is 19.3 Å². The third-order valence-electron chi connectivity index (χ3n) is 2.81. The van der Waals surface area contributed by atoms with Crippen LogP contribution in [-0.2, 0) is 0 Å². The average Bonchev–Trinajstić information content (AvgIpc) is 2.16. The van der Waals surface area contributed by atoms with Crippen LogP contribution in [0.1, 0.15) is 39.0 Å². The highest BCUT2D eigenvalue weighted by molar-refractivity contribution is 8.00. The Hall–Kier alpha value is -0.180. The third kappa shape index (κ3) is 3.22. The van der Waals surface area contributed by atoms with Crippen molar-refractivity contribution in [3.63, 3.8) is 0 Å². The summed E-state index contributed by atoms with van der Waals surface area (Å²) in [7, 11) is 0. The second kappa shape index (κ2) is 4.89. The van der Waals surface area contributed by atoms with Gasteiger partial charge in [0.1, 0.15) is 0 Å². The molecule has 76 valence electrons. The molecule has 1 aliphatic rings. The van der Waals surface area contributed by atoms with E-state index in [4.69, 9.17) is 5.73 Å². The molecule has 0 aromatic heterocycles. The van der Waals surface area contributed by atoms with E-state index in [1.165, 1.54) is 32.1 Å². The molecule has 2 N–H and O–H groups in total. The molecule has 0 saturated heterocycles. The topological polar surface area (TPSA) is 38.4 Å². The van der Waals surface area contributed by atoms with Gasteiger partial charge < -0.3 is 5.73 Å². The number of aliphatic imine (C=N–C) groups is 1. The van der Waals surface area contributed by atoms with Crippen LogP contribution in [0.3, 0.4) is 0 Å². The van der Waals surface area contributed by atoms with Crippen molar-refractivity contribution in [2.24, 2.45) is 10.7 Å². The zero-order chi connectivity index (χ0) is 9.73. The van der Waals surface area contributed by atoms with Gasteiger partial charge in [0.05, 0.1) is 12.4 Å². The van der Waals surface area contributed by atoms with E-state index in [0.717, 1.165) is 12.4 Å². The summed E-state index contributed by atoms with van der Waals surface area (Å²) in [6, 6.07) is 0. The molecule has 1 fully saturated rings. The summed E-state index contributed by atoms with van der Waals surface area (Å²) < 4.78 is 0.402. The maximum atomic E-state index is 5.56. The molecule has 3 heteroatoms. The predicted molar refractivity (Wildman–Crippen MR) is 61.5 cm³/mol. The lowest BCUT2D eigenvalue weighted by molar-refractivity contribution is 0.405. The Morgan fingerprint density at radius 1 is 1.38 bits per heavy atom. The van der Waals surface area contributed by atoms with Crippen molar-refractivity contribution in [3.05, 3.63) is 0 Å². The minimum atomic E-state index is 0.402. The van der Waals surface area contributed by atoms with Crippen LogP contribution in [0.4, 0.5) is 0 Å². The van der Waals surface area contributed by atoms with Crippen molar-refractivity contribution in [3.8, 4) is 0 Å². The lowest BCUT2D eigenvalue weighted by Crippen LogP contribution is -2.31. The zero-order valence-electron chi connectivity index (χ0n) is 8.68. The maximum Gasteiger partial charge on any atom is 0.0906 e. The Kier molecular flexibility index (Phi) is 4.10. The van der Waals surface area contributed by atoms with E-state index in [1.54, 1.807) is 0 Å². The number of nitrogens with two attached hydrogens (primary N) is 1. The van der Waals surface area contributed by atoms with E-state index < -0.39 is 0 Å². The first-order valence-corrected chi connectivity index (χ1v) is 6.23. The van der Waals surface area contributed by atoms with Gasteiger partial charge in [0.15, 0.2) is 0 Å². The molecular weight excluding hydrogens is 180 g/mol. The van der Waals surface area contributed by atoms with Gasteiger partial charge in [0, 0.05) is 4.75 Å². The molecule has 0 unspecified atom stereocenters. The fourth-order valence-electron chi connectivity index (χ4n) is 1.89. The van der Waals surface area contributed by atoms with Crippen molar-refractivity contribution in [2.45, 2.75) is 43.8 Å². The summed E-state index contributed by atoms with van der Waals surface area (Å²) in [5, 5.41) is 0. The van der Waals surface area contributed by atoms with Crippen LogP contribution < -0.4 is 5.73 Å². The van der Waals surface area contributed by atoms with Crippen molar-refractivity contribution in [1.82, 2.24) is 0 Å². The molecule has 0 amide bonds. The summed E-state index contributed by atoms with van der Waals surface area (Å²) >= 11 is 1.97. The van der Waals surface area contributed by atoms with Crippen LogP contribution in [-0.4, -0.2) is 23.4 Å². The maximum absolute atomic E-state index is 5.56. The molecular formula is C10H20N2S. The molecule has 13 heavy (non-hydrogen) atoms. The second-order valence-electron chi connectivity index (χ2n) is 3.91. The highest BCUT2D eigenvalue weighted by Gasteiger charge is 2.30. The van der Waals surface area contributed by atoms with Gasteiger partial charge in [0.25, 0.3) is 0 Å². The van der Waals surface area contributed by atoms with Gasteiger partial charge >= 0.3 is 0 Å². The fourth-order valence-corrected chi connectivity index (χ4v) is 2.78. The Morgan fingerprint density at radius 3 is 2.46 bits per heavy atom. The minimum absolute atomic E-state index is 0.402. The highest BCUT2D eigenvalue weighted by Crippen LogP contribution is 2.38. The van der Waals surface area contributed by atoms with Gasteiger partial charge in [-0.05, 0) is 26.0 Å². The Balaban J connectivity index is 2.52.